The smallest absolute Gasteiger partial charge is 0.250 e. The van der Waals surface area contributed by atoms with Gasteiger partial charge in [0.25, 0.3) is 0 Å². The molecule has 2 heterocycles. The quantitative estimate of drug-likeness (QED) is 0.611. The summed E-state index contributed by atoms with van der Waals surface area (Å²) in [4.78, 5) is 11.3. The van der Waals surface area contributed by atoms with Crippen LogP contribution in [-0.4, -0.2) is 14.2 Å². The minimum absolute atomic E-state index is 0.0838. The van der Waals surface area contributed by atoms with E-state index in [9.17, 15) is 4.79 Å². The number of alkyl halides is 1. The summed E-state index contributed by atoms with van der Waals surface area (Å²) in [6.07, 6.45) is 1.66. The summed E-state index contributed by atoms with van der Waals surface area (Å²) in [5.41, 5.74) is 0.406. The molecule has 2 rings (SSSR count). The third-order valence-corrected chi connectivity index (χ3v) is 1.83. The molecule has 2 aromatic heterocycles. The van der Waals surface area contributed by atoms with E-state index < -0.39 is 0 Å². The van der Waals surface area contributed by atoms with Crippen molar-refractivity contribution in [3.8, 4) is 0 Å². The Hall–Kier alpha value is -1.29. The van der Waals surface area contributed by atoms with Gasteiger partial charge in [-0.1, -0.05) is 6.07 Å². The van der Waals surface area contributed by atoms with E-state index in [1.54, 1.807) is 18.3 Å². The van der Waals surface area contributed by atoms with Crippen LogP contribution in [0.4, 0.5) is 0 Å². The van der Waals surface area contributed by atoms with Gasteiger partial charge in [-0.3, -0.25) is 4.40 Å². The Kier molecular flexibility index (Phi) is 1.62. The van der Waals surface area contributed by atoms with Crippen molar-refractivity contribution in [3.63, 3.8) is 0 Å². The number of hydrogen-bond acceptors (Lipinski definition) is 2. The Morgan fingerprint density at radius 2 is 2.33 bits per heavy atom. The lowest BCUT2D eigenvalue weighted by atomic mass is 10.5. The summed E-state index contributed by atoms with van der Waals surface area (Å²) in [5, 5.41) is 3.97. The maximum atomic E-state index is 11.3. The zero-order valence-electron chi connectivity index (χ0n) is 6.14. The Balaban J connectivity index is 2.88. The standard InChI is InChI=1S/C7H6ClN3O/c8-5-11-7(12)10-4-2-1-3-6(10)9-11/h1-4H,5H2. The van der Waals surface area contributed by atoms with Crippen LogP contribution in [-0.2, 0) is 6.00 Å². The summed E-state index contributed by atoms with van der Waals surface area (Å²) < 4.78 is 2.65. The van der Waals surface area contributed by atoms with Crippen LogP contribution in [0.5, 0.6) is 0 Å². The third kappa shape index (κ3) is 0.921. The topological polar surface area (TPSA) is 39.3 Å². The number of nitrogens with zero attached hydrogens (tertiary/aromatic N) is 3. The van der Waals surface area contributed by atoms with Gasteiger partial charge in [-0.25, -0.2) is 4.79 Å². The van der Waals surface area contributed by atoms with E-state index in [1.807, 2.05) is 6.07 Å². The Bertz CT molecular complexity index is 459. The van der Waals surface area contributed by atoms with Crippen molar-refractivity contribution in [2.75, 3.05) is 0 Å². The molecule has 5 heteroatoms. The molecule has 0 radical (unpaired) electrons. The average molecular weight is 184 g/mol. The first-order valence-electron chi connectivity index (χ1n) is 3.43. The largest absolute Gasteiger partial charge is 0.351 e. The first kappa shape index (κ1) is 7.36. The fourth-order valence-corrected chi connectivity index (χ4v) is 1.20. The normalized spacial score (nSPS) is 10.8. The second-order valence-electron chi connectivity index (χ2n) is 2.33. The van der Waals surface area contributed by atoms with Gasteiger partial charge in [0.15, 0.2) is 5.65 Å². The number of aromatic nitrogens is 3. The fourth-order valence-electron chi connectivity index (χ4n) is 1.05. The molecule has 0 aliphatic heterocycles. The van der Waals surface area contributed by atoms with Crippen LogP contribution in [0.15, 0.2) is 29.2 Å². The monoisotopic (exact) mass is 183 g/mol. The van der Waals surface area contributed by atoms with Crippen LogP contribution < -0.4 is 5.69 Å². The van der Waals surface area contributed by atoms with Crippen molar-refractivity contribution in [1.29, 1.82) is 0 Å². The third-order valence-electron chi connectivity index (χ3n) is 1.60. The summed E-state index contributed by atoms with van der Waals surface area (Å²) in [7, 11) is 0. The lowest BCUT2D eigenvalue weighted by Crippen LogP contribution is -2.19. The highest BCUT2D eigenvalue weighted by atomic mass is 35.5. The van der Waals surface area contributed by atoms with Gasteiger partial charge in [-0.05, 0) is 12.1 Å². The van der Waals surface area contributed by atoms with Crippen LogP contribution in [0, 0.1) is 0 Å². The number of fused-ring (bicyclic) bond motifs is 1. The molecule has 0 saturated heterocycles. The molecule has 0 fully saturated rings. The van der Waals surface area contributed by atoms with Crippen molar-refractivity contribution >= 4 is 17.2 Å². The molecule has 0 amide bonds. The molecule has 2 aromatic rings. The molecule has 0 aromatic carbocycles. The van der Waals surface area contributed by atoms with E-state index in [0.29, 0.717) is 5.65 Å². The molecule has 4 nitrogen and oxygen atoms in total. The molecule has 0 bridgehead atoms. The molecule has 0 saturated carbocycles. The SMILES string of the molecule is O=c1n(CCl)nc2ccccn12. The highest BCUT2D eigenvalue weighted by Gasteiger charge is 2.02. The van der Waals surface area contributed by atoms with Crippen molar-refractivity contribution in [2.24, 2.45) is 0 Å². The van der Waals surface area contributed by atoms with Crippen LogP contribution in [0.3, 0.4) is 0 Å². The molecular weight excluding hydrogens is 178 g/mol. The lowest BCUT2D eigenvalue weighted by molar-refractivity contribution is 0.711. The van der Waals surface area contributed by atoms with E-state index in [4.69, 9.17) is 11.6 Å². The van der Waals surface area contributed by atoms with Crippen LogP contribution >= 0.6 is 11.6 Å². The Morgan fingerprint density at radius 3 is 3.00 bits per heavy atom. The Labute approximate surface area is 73.0 Å². The number of halogens is 1. The van der Waals surface area contributed by atoms with E-state index in [-0.39, 0.29) is 11.7 Å². The zero-order valence-corrected chi connectivity index (χ0v) is 6.90. The van der Waals surface area contributed by atoms with Crippen LogP contribution in [0.2, 0.25) is 0 Å². The van der Waals surface area contributed by atoms with Crippen molar-refractivity contribution in [2.45, 2.75) is 6.00 Å². The predicted molar refractivity (Wildman–Crippen MR) is 45.3 cm³/mol. The molecule has 0 unspecified atom stereocenters. The summed E-state index contributed by atoms with van der Waals surface area (Å²) in [6, 6.07) is 5.43. The molecular formula is C7H6ClN3O. The van der Waals surface area contributed by atoms with Gasteiger partial charge in [0.2, 0.25) is 0 Å². The summed E-state index contributed by atoms with van der Waals surface area (Å²) in [6.45, 7) is 0. The lowest BCUT2D eigenvalue weighted by Gasteiger charge is -1.84. The van der Waals surface area contributed by atoms with Gasteiger partial charge >= 0.3 is 5.69 Å². The number of rotatable bonds is 1. The van der Waals surface area contributed by atoms with Gasteiger partial charge in [0.1, 0.15) is 6.00 Å². The minimum Gasteiger partial charge on any atom is -0.250 e. The predicted octanol–water partition coefficient (Wildman–Crippen LogP) is 0.692. The van der Waals surface area contributed by atoms with E-state index in [1.165, 1.54) is 9.08 Å². The maximum absolute atomic E-state index is 11.3. The summed E-state index contributed by atoms with van der Waals surface area (Å²) >= 11 is 5.49. The second kappa shape index (κ2) is 2.64. The summed E-state index contributed by atoms with van der Waals surface area (Å²) in [5.74, 6) is 0. The molecule has 0 N–H and O–H groups in total. The molecule has 0 aliphatic rings. The first-order chi connectivity index (χ1) is 5.83. The minimum atomic E-state index is -0.208. The van der Waals surface area contributed by atoms with E-state index >= 15 is 0 Å². The molecule has 12 heavy (non-hydrogen) atoms. The van der Waals surface area contributed by atoms with Crippen LogP contribution in [0.1, 0.15) is 0 Å². The van der Waals surface area contributed by atoms with Crippen LogP contribution in [0.25, 0.3) is 5.65 Å². The van der Waals surface area contributed by atoms with Gasteiger partial charge in [-0.2, -0.15) is 4.68 Å². The average Bonchev–Trinajstić information content (AvgIpc) is 2.44. The molecule has 0 spiro atoms. The highest BCUT2D eigenvalue weighted by Crippen LogP contribution is 1.94. The molecule has 0 atom stereocenters. The van der Waals surface area contributed by atoms with Gasteiger partial charge in [0.05, 0.1) is 0 Å². The van der Waals surface area contributed by atoms with E-state index in [2.05, 4.69) is 5.10 Å². The first-order valence-corrected chi connectivity index (χ1v) is 3.96. The second-order valence-corrected chi connectivity index (χ2v) is 2.57. The van der Waals surface area contributed by atoms with Crippen molar-refractivity contribution in [3.05, 3.63) is 34.9 Å². The number of hydrogen-bond donors (Lipinski definition) is 0. The highest BCUT2D eigenvalue weighted by molar-refractivity contribution is 6.15. The molecule has 0 aliphatic carbocycles. The van der Waals surface area contributed by atoms with Gasteiger partial charge in [-0.15, -0.1) is 16.7 Å². The number of pyridine rings is 1. The zero-order chi connectivity index (χ0) is 8.55. The Morgan fingerprint density at radius 1 is 1.50 bits per heavy atom. The van der Waals surface area contributed by atoms with Crippen molar-refractivity contribution in [1.82, 2.24) is 14.2 Å². The maximum Gasteiger partial charge on any atom is 0.351 e. The van der Waals surface area contributed by atoms with Crippen molar-refractivity contribution < 1.29 is 0 Å². The van der Waals surface area contributed by atoms with Gasteiger partial charge in [0, 0.05) is 6.20 Å². The van der Waals surface area contributed by atoms with Gasteiger partial charge < -0.3 is 0 Å². The van der Waals surface area contributed by atoms with E-state index in [0.717, 1.165) is 0 Å². The fraction of sp³-hybridized carbons (Fsp3) is 0.143. The molecule has 62 valence electrons.